The second kappa shape index (κ2) is 8.09. The molecule has 1 aliphatic heterocycles. The van der Waals surface area contributed by atoms with E-state index >= 15 is 0 Å². The minimum atomic E-state index is -3.42. The van der Waals surface area contributed by atoms with Gasteiger partial charge < -0.3 is 4.90 Å². The Morgan fingerprint density at radius 3 is 2.79 bits per heavy atom. The van der Waals surface area contributed by atoms with Gasteiger partial charge in [-0.3, -0.25) is 9.48 Å². The summed E-state index contributed by atoms with van der Waals surface area (Å²) in [5.74, 6) is 0.0401. The first-order valence-corrected chi connectivity index (χ1v) is 9.69. The van der Waals surface area contributed by atoms with E-state index in [9.17, 15) is 13.2 Å². The number of aryl methyl sites for hydroxylation is 1. The summed E-state index contributed by atoms with van der Waals surface area (Å²) >= 11 is 0. The highest BCUT2D eigenvalue weighted by Crippen LogP contribution is 2.20. The maximum Gasteiger partial charge on any atom is 0.278 e. The van der Waals surface area contributed by atoms with Crippen LogP contribution < -0.4 is 4.72 Å². The van der Waals surface area contributed by atoms with E-state index in [2.05, 4.69) is 9.82 Å². The molecule has 1 N–H and O–H groups in total. The molecule has 24 heavy (non-hydrogen) atoms. The zero-order valence-corrected chi connectivity index (χ0v) is 15.4. The molecule has 1 saturated heterocycles. The Kier molecular flexibility index (Phi) is 6.36. The molecule has 1 aromatic heterocycles. The van der Waals surface area contributed by atoms with Crippen molar-refractivity contribution in [1.82, 2.24) is 23.7 Å². The Balaban J connectivity index is 1.91. The maximum atomic E-state index is 12.6. The normalized spacial score (nSPS) is 19.0. The summed E-state index contributed by atoms with van der Waals surface area (Å²) in [5, 5.41) is 4.16. The molecule has 1 aliphatic rings. The molecule has 9 heteroatoms. The lowest BCUT2D eigenvalue weighted by atomic mass is 9.99. The number of carbonyl (C=O) groups excluding carboxylic acids is 1. The number of aromatic nitrogens is 2. The molecule has 0 spiro atoms. The van der Waals surface area contributed by atoms with Crippen molar-refractivity contribution < 1.29 is 13.2 Å². The molecule has 0 radical (unpaired) electrons. The SMILES string of the molecule is Cc1cnn(CC(=O)N2CCCC[C@@H]2CCNS(=O)(=O)N(C)C)c1. The van der Waals surface area contributed by atoms with Crippen LogP contribution in [0.15, 0.2) is 12.4 Å². The lowest BCUT2D eigenvalue weighted by molar-refractivity contribution is -0.135. The highest BCUT2D eigenvalue weighted by molar-refractivity contribution is 7.87. The molecule has 2 rings (SSSR count). The second-order valence-electron chi connectivity index (χ2n) is 6.42. The number of likely N-dealkylation sites (tertiary alicyclic amines) is 1. The molecular formula is C15H27N5O3S. The van der Waals surface area contributed by atoms with Gasteiger partial charge in [-0.05, 0) is 38.2 Å². The van der Waals surface area contributed by atoms with E-state index in [1.54, 1.807) is 10.9 Å². The summed E-state index contributed by atoms with van der Waals surface area (Å²) in [7, 11) is -0.435. The molecule has 0 aliphatic carbocycles. The number of rotatable bonds is 7. The second-order valence-corrected chi connectivity index (χ2v) is 8.39. The molecular weight excluding hydrogens is 330 g/mol. The first-order valence-electron chi connectivity index (χ1n) is 8.25. The van der Waals surface area contributed by atoms with E-state index in [-0.39, 0.29) is 18.5 Å². The Bertz CT molecular complexity index is 656. The topological polar surface area (TPSA) is 87.5 Å². The fraction of sp³-hybridized carbons (Fsp3) is 0.733. The van der Waals surface area contributed by atoms with Crippen LogP contribution in [0.3, 0.4) is 0 Å². The van der Waals surface area contributed by atoms with Crippen LogP contribution in [0.25, 0.3) is 0 Å². The summed E-state index contributed by atoms with van der Waals surface area (Å²) in [6.45, 7) is 3.22. The van der Waals surface area contributed by atoms with Crippen molar-refractivity contribution in [3.63, 3.8) is 0 Å². The van der Waals surface area contributed by atoms with E-state index in [4.69, 9.17) is 0 Å². The summed E-state index contributed by atoms with van der Waals surface area (Å²) in [5.41, 5.74) is 1.02. The fourth-order valence-electron chi connectivity index (χ4n) is 2.90. The van der Waals surface area contributed by atoms with Crippen molar-refractivity contribution in [2.24, 2.45) is 0 Å². The average Bonchev–Trinajstić information content (AvgIpc) is 2.92. The minimum absolute atomic E-state index is 0.0401. The van der Waals surface area contributed by atoms with Crippen molar-refractivity contribution in [1.29, 1.82) is 0 Å². The van der Waals surface area contributed by atoms with Crippen LogP contribution in [0.2, 0.25) is 0 Å². The van der Waals surface area contributed by atoms with Crippen LogP contribution in [0.1, 0.15) is 31.2 Å². The quantitative estimate of drug-likeness (QED) is 0.763. The number of hydrogen-bond acceptors (Lipinski definition) is 4. The predicted molar refractivity (Wildman–Crippen MR) is 91.5 cm³/mol. The van der Waals surface area contributed by atoms with E-state index in [1.165, 1.54) is 14.1 Å². The number of nitrogens with one attached hydrogen (secondary N) is 1. The molecule has 136 valence electrons. The fourth-order valence-corrected chi connectivity index (χ4v) is 3.53. The molecule has 2 heterocycles. The van der Waals surface area contributed by atoms with Crippen LogP contribution >= 0.6 is 0 Å². The van der Waals surface area contributed by atoms with E-state index in [0.717, 1.165) is 35.7 Å². The van der Waals surface area contributed by atoms with Gasteiger partial charge in [0, 0.05) is 39.4 Å². The molecule has 8 nitrogen and oxygen atoms in total. The van der Waals surface area contributed by atoms with E-state index in [0.29, 0.717) is 13.0 Å². The number of carbonyl (C=O) groups is 1. The van der Waals surface area contributed by atoms with Gasteiger partial charge in [0.25, 0.3) is 10.2 Å². The van der Waals surface area contributed by atoms with E-state index in [1.807, 2.05) is 18.0 Å². The van der Waals surface area contributed by atoms with Gasteiger partial charge in [-0.2, -0.15) is 17.8 Å². The number of piperidine rings is 1. The van der Waals surface area contributed by atoms with Crippen LogP contribution in [-0.4, -0.2) is 66.5 Å². The van der Waals surface area contributed by atoms with Gasteiger partial charge in [-0.1, -0.05) is 0 Å². The molecule has 0 bridgehead atoms. The van der Waals surface area contributed by atoms with Crippen molar-refractivity contribution in [2.45, 2.75) is 45.2 Å². The highest BCUT2D eigenvalue weighted by atomic mass is 32.2. The lowest BCUT2D eigenvalue weighted by Crippen LogP contribution is -2.47. The van der Waals surface area contributed by atoms with E-state index < -0.39 is 10.2 Å². The average molecular weight is 357 g/mol. The smallest absolute Gasteiger partial charge is 0.278 e. The van der Waals surface area contributed by atoms with Crippen molar-refractivity contribution in [3.8, 4) is 0 Å². The van der Waals surface area contributed by atoms with Gasteiger partial charge in [0.05, 0.1) is 6.20 Å². The summed E-state index contributed by atoms with van der Waals surface area (Å²) in [6.07, 6.45) is 7.17. The third-order valence-corrected chi connectivity index (χ3v) is 5.78. The Hall–Kier alpha value is -1.45. The van der Waals surface area contributed by atoms with Gasteiger partial charge in [0.1, 0.15) is 6.54 Å². The molecule has 1 aromatic rings. The molecule has 0 aromatic carbocycles. The number of nitrogens with zero attached hydrogens (tertiary/aromatic N) is 4. The molecule has 0 unspecified atom stereocenters. The van der Waals surface area contributed by atoms with Gasteiger partial charge in [0.2, 0.25) is 5.91 Å². The standard InChI is InChI=1S/C15H27N5O3S/c1-13-10-16-19(11-13)12-15(21)20-9-5-4-6-14(20)7-8-17-24(22,23)18(2)3/h10-11,14,17H,4-9,12H2,1-3H3/t14-/m1/s1. The van der Waals surface area contributed by atoms with Gasteiger partial charge in [-0.25, -0.2) is 4.72 Å². The van der Waals surface area contributed by atoms with Crippen LogP contribution in [-0.2, 0) is 21.5 Å². The maximum absolute atomic E-state index is 12.6. The Morgan fingerprint density at radius 2 is 2.17 bits per heavy atom. The highest BCUT2D eigenvalue weighted by Gasteiger charge is 2.27. The van der Waals surface area contributed by atoms with Gasteiger partial charge in [-0.15, -0.1) is 0 Å². The number of hydrogen-bond donors (Lipinski definition) is 1. The van der Waals surface area contributed by atoms with Gasteiger partial charge >= 0.3 is 0 Å². The van der Waals surface area contributed by atoms with Crippen molar-refractivity contribution in [3.05, 3.63) is 18.0 Å². The monoisotopic (exact) mass is 357 g/mol. The molecule has 1 atom stereocenters. The van der Waals surface area contributed by atoms with Crippen LogP contribution in [0, 0.1) is 6.92 Å². The molecule has 1 fully saturated rings. The van der Waals surface area contributed by atoms with Crippen molar-refractivity contribution >= 4 is 16.1 Å². The predicted octanol–water partition coefficient (Wildman–Crippen LogP) is 0.359. The van der Waals surface area contributed by atoms with Crippen molar-refractivity contribution in [2.75, 3.05) is 27.2 Å². The van der Waals surface area contributed by atoms with Gasteiger partial charge in [0.15, 0.2) is 0 Å². The minimum Gasteiger partial charge on any atom is -0.338 e. The van der Waals surface area contributed by atoms with Crippen LogP contribution in [0.4, 0.5) is 0 Å². The lowest BCUT2D eigenvalue weighted by Gasteiger charge is -2.36. The molecule has 1 amide bonds. The molecule has 0 saturated carbocycles. The zero-order valence-electron chi connectivity index (χ0n) is 14.6. The Morgan fingerprint density at radius 1 is 1.42 bits per heavy atom. The largest absolute Gasteiger partial charge is 0.338 e. The number of amides is 1. The first-order chi connectivity index (χ1) is 11.3. The van der Waals surface area contributed by atoms with Crippen LogP contribution in [0.5, 0.6) is 0 Å². The third-order valence-electron chi connectivity index (χ3n) is 4.25. The zero-order chi connectivity index (χ0) is 17.7. The Labute approximate surface area is 144 Å². The first kappa shape index (κ1) is 18.9. The summed E-state index contributed by atoms with van der Waals surface area (Å²) in [6, 6.07) is 0.0766. The summed E-state index contributed by atoms with van der Waals surface area (Å²) in [4.78, 5) is 14.5. The third kappa shape index (κ3) is 5.02. The summed E-state index contributed by atoms with van der Waals surface area (Å²) < 4.78 is 28.9.